The summed E-state index contributed by atoms with van der Waals surface area (Å²) in [5.74, 6) is 0. The number of rotatable bonds is 0. The van der Waals surface area contributed by atoms with E-state index in [1.54, 1.807) is 30.5 Å². The van der Waals surface area contributed by atoms with E-state index in [0.29, 0.717) is 21.9 Å². The summed E-state index contributed by atoms with van der Waals surface area (Å²) in [6.45, 7) is 0. The maximum atomic E-state index is 12.8. The number of aromatic nitrogens is 1. The third-order valence-electron chi connectivity index (χ3n) is 4.24. The van der Waals surface area contributed by atoms with Crippen LogP contribution in [0.1, 0.15) is 0 Å². The first-order valence-corrected chi connectivity index (χ1v) is 6.96. The number of furan rings is 1. The Morgan fingerprint density at radius 1 is 0.682 bits per heavy atom. The zero-order valence-electron chi connectivity index (χ0n) is 11.4. The van der Waals surface area contributed by atoms with E-state index in [0.717, 1.165) is 16.2 Å². The van der Waals surface area contributed by atoms with Gasteiger partial charge in [0.1, 0.15) is 11.8 Å². The third-order valence-corrected chi connectivity index (χ3v) is 4.24. The lowest BCUT2D eigenvalue weighted by atomic mass is 10.1. The van der Waals surface area contributed by atoms with Gasteiger partial charge in [0.05, 0.1) is 5.39 Å². The van der Waals surface area contributed by atoms with Crippen LogP contribution < -0.4 is 11.1 Å². The standard InChI is InChI=1S/C18H9NO3/c20-17-12-7-3-1-5-10(12)14-9-22-16-11-6-2-4-8-13(11)18(21)19(17)15(14)16/h1-9H. The lowest BCUT2D eigenvalue weighted by molar-refractivity contribution is 0.622. The summed E-state index contributed by atoms with van der Waals surface area (Å²) >= 11 is 0. The highest BCUT2D eigenvalue weighted by atomic mass is 16.3. The van der Waals surface area contributed by atoms with Crippen LogP contribution in [0.3, 0.4) is 0 Å². The predicted octanol–water partition coefficient (Wildman–Crippen LogP) is 3.15. The van der Waals surface area contributed by atoms with Gasteiger partial charge in [0.2, 0.25) is 0 Å². The van der Waals surface area contributed by atoms with E-state index in [1.807, 2.05) is 24.3 Å². The van der Waals surface area contributed by atoms with Gasteiger partial charge in [0.15, 0.2) is 5.58 Å². The molecular weight excluding hydrogens is 278 g/mol. The molecule has 0 spiro atoms. The maximum absolute atomic E-state index is 12.8. The quantitative estimate of drug-likeness (QED) is 0.411. The molecule has 0 N–H and O–H groups in total. The van der Waals surface area contributed by atoms with E-state index >= 15 is 0 Å². The largest absolute Gasteiger partial charge is 0.461 e. The Morgan fingerprint density at radius 2 is 1.23 bits per heavy atom. The Labute approximate surface area is 123 Å². The highest BCUT2D eigenvalue weighted by Crippen LogP contribution is 2.31. The van der Waals surface area contributed by atoms with Crippen molar-refractivity contribution in [1.82, 2.24) is 4.40 Å². The van der Waals surface area contributed by atoms with Crippen molar-refractivity contribution in [3.8, 4) is 0 Å². The lowest BCUT2D eigenvalue weighted by Gasteiger charge is -2.05. The van der Waals surface area contributed by atoms with Crippen LogP contribution in [0.25, 0.3) is 38.0 Å². The van der Waals surface area contributed by atoms with Crippen LogP contribution in [-0.2, 0) is 0 Å². The van der Waals surface area contributed by atoms with Crippen molar-refractivity contribution >= 4 is 38.0 Å². The summed E-state index contributed by atoms with van der Waals surface area (Å²) in [5.41, 5.74) is 0.538. The zero-order valence-corrected chi connectivity index (χ0v) is 11.4. The fourth-order valence-corrected chi connectivity index (χ4v) is 3.26. The van der Waals surface area contributed by atoms with Crippen molar-refractivity contribution in [2.24, 2.45) is 0 Å². The van der Waals surface area contributed by atoms with Crippen LogP contribution in [-0.4, -0.2) is 4.40 Å². The smallest absolute Gasteiger partial charge is 0.266 e. The minimum atomic E-state index is -0.301. The molecule has 0 aliphatic rings. The molecule has 0 aliphatic heterocycles. The molecule has 0 bridgehead atoms. The molecule has 0 unspecified atom stereocenters. The van der Waals surface area contributed by atoms with Gasteiger partial charge in [-0.25, -0.2) is 4.40 Å². The molecule has 0 saturated heterocycles. The lowest BCUT2D eigenvalue weighted by Crippen LogP contribution is -2.26. The molecule has 0 amide bonds. The summed E-state index contributed by atoms with van der Waals surface area (Å²) < 4.78 is 6.96. The molecule has 5 aromatic rings. The normalized spacial score (nSPS) is 12.0. The van der Waals surface area contributed by atoms with Crippen molar-refractivity contribution in [2.75, 3.05) is 0 Å². The minimum Gasteiger partial charge on any atom is -0.461 e. The Bertz CT molecular complexity index is 1210. The summed E-state index contributed by atoms with van der Waals surface area (Å²) in [4.78, 5) is 25.6. The van der Waals surface area contributed by atoms with Gasteiger partial charge in [-0.3, -0.25) is 9.59 Å². The van der Waals surface area contributed by atoms with Gasteiger partial charge >= 0.3 is 0 Å². The maximum Gasteiger partial charge on any atom is 0.266 e. The third kappa shape index (κ3) is 1.18. The van der Waals surface area contributed by atoms with Crippen LogP contribution in [0.15, 0.2) is 68.8 Å². The van der Waals surface area contributed by atoms with E-state index in [2.05, 4.69) is 0 Å². The Balaban J connectivity index is 2.32. The van der Waals surface area contributed by atoms with Crippen LogP contribution in [0.5, 0.6) is 0 Å². The van der Waals surface area contributed by atoms with Crippen molar-refractivity contribution in [2.45, 2.75) is 0 Å². The van der Waals surface area contributed by atoms with Gasteiger partial charge in [0, 0.05) is 16.2 Å². The number of nitrogens with zero attached hydrogens (tertiary/aromatic N) is 1. The second kappa shape index (κ2) is 3.74. The number of pyridine rings is 2. The summed E-state index contributed by atoms with van der Waals surface area (Å²) in [7, 11) is 0. The Kier molecular flexibility index (Phi) is 1.96. The zero-order chi connectivity index (χ0) is 14.8. The van der Waals surface area contributed by atoms with E-state index < -0.39 is 0 Å². The number of hydrogen-bond donors (Lipinski definition) is 0. The van der Waals surface area contributed by atoms with Crippen molar-refractivity contribution in [3.63, 3.8) is 0 Å². The van der Waals surface area contributed by atoms with Gasteiger partial charge in [-0.05, 0) is 17.5 Å². The van der Waals surface area contributed by atoms with Crippen LogP contribution in [0.2, 0.25) is 0 Å². The summed E-state index contributed by atoms with van der Waals surface area (Å²) in [5, 5.41) is 3.34. The van der Waals surface area contributed by atoms with Gasteiger partial charge in [-0.15, -0.1) is 0 Å². The van der Waals surface area contributed by atoms with Crippen LogP contribution in [0, 0.1) is 0 Å². The summed E-state index contributed by atoms with van der Waals surface area (Å²) in [6.07, 6.45) is 1.62. The molecule has 2 aromatic carbocycles. The predicted molar refractivity (Wildman–Crippen MR) is 85.9 cm³/mol. The molecule has 0 atom stereocenters. The Hall–Kier alpha value is -3.14. The molecule has 0 radical (unpaired) electrons. The van der Waals surface area contributed by atoms with Crippen LogP contribution >= 0.6 is 0 Å². The molecule has 22 heavy (non-hydrogen) atoms. The first kappa shape index (κ1) is 11.5. The number of fused-ring (bicyclic) bond motifs is 4. The molecule has 4 nitrogen and oxygen atoms in total. The van der Waals surface area contributed by atoms with Crippen molar-refractivity contribution in [1.29, 1.82) is 0 Å². The second-order valence-electron chi connectivity index (χ2n) is 5.36. The topological polar surface area (TPSA) is 51.7 Å². The van der Waals surface area contributed by atoms with E-state index in [-0.39, 0.29) is 11.1 Å². The van der Waals surface area contributed by atoms with E-state index in [9.17, 15) is 9.59 Å². The minimum absolute atomic E-state index is 0.301. The van der Waals surface area contributed by atoms with E-state index in [4.69, 9.17) is 4.42 Å². The molecule has 0 saturated carbocycles. The van der Waals surface area contributed by atoms with Crippen molar-refractivity contribution < 1.29 is 4.42 Å². The van der Waals surface area contributed by atoms with Gasteiger partial charge in [0.25, 0.3) is 11.1 Å². The monoisotopic (exact) mass is 287 g/mol. The number of hydrogen-bond acceptors (Lipinski definition) is 3. The molecule has 3 aromatic heterocycles. The Morgan fingerprint density at radius 3 is 1.91 bits per heavy atom. The van der Waals surface area contributed by atoms with Crippen molar-refractivity contribution in [3.05, 3.63) is 75.5 Å². The summed E-state index contributed by atoms with van der Waals surface area (Å²) in [6, 6.07) is 14.5. The number of benzene rings is 2. The second-order valence-corrected chi connectivity index (χ2v) is 5.36. The molecule has 5 rings (SSSR count). The average Bonchev–Trinajstić information content (AvgIpc) is 3.00. The molecule has 4 heteroatoms. The fourth-order valence-electron chi connectivity index (χ4n) is 3.26. The molecule has 0 aliphatic carbocycles. The molecular formula is C18H9NO3. The first-order chi connectivity index (χ1) is 10.8. The highest BCUT2D eigenvalue weighted by Gasteiger charge is 2.18. The fraction of sp³-hybridized carbons (Fsp3) is 0. The molecule has 104 valence electrons. The van der Waals surface area contributed by atoms with E-state index in [1.165, 1.54) is 4.40 Å². The average molecular weight is 287 g/mol. The van der Waals surface area contributed by atoms with Gasteiger partial charge < -0.3 is 4.42 Å². The van der Waals surface area contributed by atoms with Gasteiger partial charge in [-0.2, -0.15) is 0 Å². The highest BCUT2D eigenvalue weighted by molar-refractivity contribution is 6.15. The SMILES string of the molecule is O=c1c2ccccc2c2coc3c4ccccc4c(=O)n1c23. The first-order valence-electron chi connectivity index (χ1n) is 6.96. The van der Waals surface area contributed by atoms with Crippen LogP contribution in [0.4, 0.5) is 0 Å². The van der Waals surface area contributed by atoms with Gasteiger partial charge in [-0.1, -0.05) is 36.4 Å². The molecule has 0 fully saturated rings. The molecule has 3 heterocycles.